The Labute approximate surface area is 126 Å². The highest BCUT2D eigenvalue weighted by Crippen LogP contribution is 2.28. The summed E-state index contributed by atoms with van der Waals surface area (Å²) in [6.07, 6.45) is 6.73. The zero-order chi connectivity index (χ0) is 14.7. The third-order valence-electron chi connectivity index (χ3n) is 4.45. The molecule has 1 aromatic rings. The Balaban J connectivity index is 1.53. The van der Waals surface area contributed by atoms with Gasteiger partial charge in [0.1, 0.15) is 0 Å². The molecule has 5 heteroatoms. The average Bonchev–Trinajstić information content (AvgIpc) is 2.46. The zero-order valence-electron chi connectivity index (χ0n) is 13.0. The van der Waals surface area contributed by atoms with Gasteiger partial charge in [-0.3, -0.25) is 0 Å². The van der Waals surface area contributed by atoms with Crippen LogP contribution in [0, 0.1) is 11.3 Å². The summed E-state index contributed by atoms with van der Waals surface area (Å²) >= 11 is 0. The van der Waals surface area contributed by atoms with Crippen molar-refractivity contribution in [1.82, 2.24) is 9.97 Å². The first-order valence-electron chi connectivity index (χ1n) is 7.93. The van der Waals surface area contributed by atoms with E-state index in [1.165, 1.54) is 25.7 Å². The van der Waals surface area contributed by atoms with Gasteiger partial charge in [-0.15, -0.1) is 0 Å². The Kier molecular flexibility index (Phi) is 4.29. The van der Waals surface area contributed by atoms with Crippen LogP contribution in [0.25, 0.3) is 0 Å². The predicted molar refractivity (Wildman–Crippen MR) is 81.5 cm³/mol. The number of nitrogens with one attached hydrogen (secondary N) is 1. The molecule has 0 spiro atoms. The highest BCUT2D eigenvalue weighted by Gasteiger charge is 2.34. The second-order valence-electron chi connectivity index (χ2n) is 6.91. The van der Waals surface area contributed by atoms with E-state index in [0.717, 1.165) is 19.1 Å². The van der Waals surface area contributed by atoms with Gasteiger partial charge in [0, 0.05) is 23.7 Å². The van der Waals surface area contributed by atoms with E-state index in [-0.39, 0.29) is 5.41 Å². The minimum atomic E-state index is 0.137. The van der Waals surface area contributed by atoms with Gasteiger partial charge < -0.3 is 14.8 Å². The van der Waals surface area contributed by atoms with Gasteiger partial charge in [-0.05, 0) is 31.6 Å². The van der Waals surface area contributed by atoms with Gasteiger partial charge >= 0.3 is 0 Å². The van der Waals surface area contributed by atoms with Crippen LogP contribution in [0.2, 0.25) is 0 Å². The Morgan fingerprint density at radius 2 is 2.10 bits per heavy atom. The van der Waals surface area contributed by atoms with Crippen molar-refractivity contribution < 1.29 is 9.47 Å². The first-order valence-corrected chi connectivity index (χ1v) is 7.93. The maximum atomic E-state index is 5.79. The van der Waals surface area contributed by atoms with Gasteiger partial charge in [-0.25, -0.2) is 4.98 Å². The Hall–Kier alpha value is -1.36. The van der Waals surface area contributed by atoms with Crippen LogP contribution in [0.3, 0.4) is 0 Å². The van der Waals surface area contributed by atoms with Gasteiger partial charge in [0.05, 0.1) is 19.8 Å². The highest BCUT2D eigenvalue weighted by molar-refractivity contribution is 5.29. The quantitative estimate of drug-likeness (QED) is 0.904. The van der Waals surface area contributed by atoms with Crippen LogP contribution < -0.4 is 10.1 Å². The molecule has 1 saturated carbocycles. The summed E-state index contributed by atoms with van der Waals surface area (Å²) in [6.45, 7) is 6.67. The molecule has 0 amide bonds. The van der Waals surface area contributed by atoms with Crippen molar-refractivity contribution in [2.24, 2.45) is 11.3 Å². The summed E-state index contributed by atoms with van der Waals surface area (Å²) in [7, 11) is 0. The molecule has 116 valence electrons. The van der Waals surface area contributed by atoms with Crippen LogP contribution in [0.1, 0.15) is 39.5 Å². The third kappa shape index (κ3) is 3.84. The molecule has 0 radical (unpaired) electrons. The summed E-state index contributed by atoms with van der Waals surface area (Å²) in [4.78, 5) is 8.77. The van der Waals surface area contributed by atoms with Crippen molar-refractivity contribution in [1.29, 1.82) is 0 Å². The molecule has 0 atom stereocenters. The van der Waals surface area contributed by atoms with Gasteiger partial charge in [0.2, 0.25) is 11.8 Å². The van der Waals surface area contributed by atoms with Gasteiger partial charge in [0.25, 0.3) is 0 Å². The topological polar surface area (TPSA) is 56.3 Å². The van der Waals surface area contributed by atoms with Crippen molar-refractivity contribution in [3.63, 3.8) is 0 Å². The molecule has 0 bridgehead atoms. The van der Waals surface area contributed by atoms with E-state index in [2.05, 4.69) is 29.1 Å². The standard InChI is InChI=1S/C16H25N3O2/c1-12-3-5-13(6-4-12)18-15-17-8-7-14(19-15)21-11-16(2)9-20-10-16/h7-8,12-13H,3-6,9-11H2,1-2H3,(H,17,18,19)/t12-,13-. The Morgan fingerprint density at radius 3 is 2.76 bits per heavy atom. The van der Waals surface area contributed by atoms with Crippen molar-refractivity contribution >= 4 is 5.95 Å². The molecule has 0 unspecified atom stereocenters. The van der Waals surface area contributed by atoms with E-state index < -0.39 is 0 Å². The Morgan fingerprint density at radius 1 is 1.33 bits per heavy atom. The van der Waals surface area contributed by atoms with Gasteiger partial charge in [0.15, 0.2) is 0 Å². The van der Waals surface area contributed by atoms with Crippen molar-refractivity contribution in [2.45, 2.75) is 45.6 Å². The second-order valence-corrected chi connectivity index (χ2v) is 6.91. The molecular formula is C16H25N3O2. The van der Waals surface area contributed by atoms with E-state index in [9.17, 15) is 0 Å². The van der Waals surface area contributed by atoms with Crippen LogP contribution in [0.15, 0.2) is 12.3 Å². The van der Waals surface area contributed by atoms with Crippen molar-refractivity contribution in [3.05, 3.63) is 12.3 Å². The second kappa shape index (κ2) is 6.18. The number of hydrogen-bond donors (Lipinski definition) is 1. The van der Waals surface area contributed by atoms with Crippen LogP contribution in [-0.4, -0.2) is 35.8 Å². The Bertz CT molecular complexity index is 468. The zero-order valence-corrected chi connectivity index (χ0v) is 13.0. The van der Waals surface area contributed by atoms with Crippen LogP contribution in [0.5, 0.6) is 5.88 Å². The number of rotatable bonds is 5. The number of nitrogens with zero attached hydrogens (tertiary/aromatic N) is 2. The lowest BCUT2D eigenvalue weighted by Crippen LogP contribution is -2.44. The minimum Gasteiger partial charge on any atom is -0.477 e. The minimum absolute atomic E-state index is 0.137. The van der Waals surface area contributed by atoms with E-state index in [0.29, 0.717) is 24.5 Å². The third-order valence-corrected chi connectivity index (χ3v) is 4.45. The SMILES string of the molecule is CC1(COc2ccnc(N[C@H]3CC[C@H](C)CC3)n2)COC1. The molecule has 2 fully saturated rings. The first kappa shape index (κ1) is 14.6. The summed E-state index contributed by atoms with van der Waals surface area (Å²) in [5.41, 5.74) is 0.137. The lowest BCUT2D eigenvalue weighted by molar-refractivity contribution is -0.120. The maximum absolute atomic E-state index is 5.79. The molecule has 3 rings (SSSR count). The highest BCUT2D eigenvalue weighted by atomic mass is 16.5. The fourth-order valence-corrected chi connectivity index (χ4v) is 2.86. The molecule has 1 N–H and O–H groups in total. The van der Waals surface area contributed by atoms with Gasteiger partial charge in [-0.2, -0.15) is 4.98 Å². The first-order chi connectivity index (χ1) is 10.1. The molecule has 21 heavy (non-hydrogen) atoms. The van der Waals surface area contributed by atoms with Crippen LogP contribution >= 0.6 is 0 Å². The monoisotopic (exact) mass is 291 g/mol. The summed E-state index contributed by atoms with van der Waals surface area (Å²) in [6, 6.07) is 2.31. The van der Waals surface area contributed by atoms with Gasteiger partial charge in [-0.1, -0.05) is 13.8 Å². The molecule has 1 aromatic heterocycles. The van der Waals surface area contributed by atoms with E-state index in [1.807, 2.05) is 6.07 Å². The molecule has 1 aliphatic carbocycles. The predicted octanol–water partition coefficient (Wildman–Crippen LogP) is 2.88. The number of ether oxygens (including phenoxy) is 2. The number of aromatic nitrogens is 2. The lowest BCUT2D eigenvalue weighted by Gasteiger charge is -2.37. The van der Waals surface area contributed by atoms with Crippen molar-refractivity contribution in [3.8, 4) is 5.88 Å². The lowest BCUT2D eigenvalue weighted by atomic mass is 9.87. The maximum Gasteiger partial charge on any atom is 0.226 e. The molecule has 2 heterocycles. The van der Waals surface area contributed by atoms with Crippen LogP contribution in [-0.2, 0) is 4.74 Å². The number of anilines is 1. The molecular weight excluding hydrogens is 266 g/mol. The summed E-state index contributed by atoms with van der Waals surface area (Å²) < 4.78 is 11.0. The number of hydrogen-bond acceptors (Lipinski definition) is 5. The normalized spacial score (nSPS) is 27.7. The fourth-order valence-electron chi connectivity index (χ4n) is 2.86. The van der Waals surface area contributed by atoms with E-state index in [4.69, 9.17) is 9.47 Å². The van der Waals surface area contributed by atoms with E-state index in [1.54, 1.807) is 6.20 Å². The molecule has 1 saturated heterocycles. The smallest absolute Gasteiger partial charge is 0.226 e. The molecule has 5 nitrogen and oxygen atoms in total. The summed E-state index contributed by atoms with van der Waals surface area (Å²) in [5, 5.41) is 3.44. The summed E-state index contributed by atoms with van der Waals surface area (Å²) in [5.74, 6) is 2.18. The molecule has 1 aliphatic heterocycles. The fraction of sp³-hybridized carbons (Fsp3) is 0.750. The average molecular weight is 291 g/mol. The molecule has 0 aromatic carbocycles. The van der Waals surface area contributed by atoms with Crippen molar-refractivity contribution in [2.75, 3.05) is 25.1 Å². The molecule has 2 aliphatic rings. The largest absolute Gasteiger partial charge is 0.477 e. The van der Waals surface area contributed by atoms with Crippen LogP contribution in [0.4, 0.5) is 5.95 Å². The van der Waals surface area contributed by atoms with E-state index >= 15 is 0 Å².